The Hall–Kier alpha value is -2.57. The Kier molecular flexibility index (Phi) is 7.03. The zero-order valence-electron chi connectivity index (χ0n) is 20.5. The highest BCUT2D eigenvalue weighted by atomic mass is 19.1. The van der Waals surface area contributed by atoms with E-state index in [0.717, 1.165) is 54.9 Å². The fraction of sp³-hybridized carbons (Fsp3) is 0.556. The molecule has 7 nitrogen and oxygen atoms in total. The van der Waals surface area contributed by atoms with Crippen LogP contribution >= 0.6 is 0 Å². The number of benzene rings is 1. The average Bonchev–Trinajstić information content (AvgIpc) is 3.27. The summed E-state index contributed by atoms with van der Waals surface area (Å²) in [5.74, 6) is 0.600. The van der Waals surface area contributed by atoms with Crippen molar-refractivity contribution in [1.29, 1.82) is 5.26 Å². The van der Waals surface area contributed by atoms with Gasteiger partial charge in [0.25, 0.3) is 0 Å². The number of nitrogens with one attached hydrogen (secondary N) is 3. The Morgan fingerprint density at radius 3 is 2.69 bits per heavy atom. The molecule has 1 aliphatic carbocycles. The van der Waals surface area contributed by atoms with Crippen molar-refractivity contribution in [2.24, 2.45) is 11.8 Å². The first-order chi connectivity index (χ1) is 17.0. The lowest BCUT2D eigenvalue weighted by Crippen LogP contribution is -2.39. The van der Waals surface area contributed by atoms with Gasteiger partial charge >= 0.3 is 0 Å². The Morgan fingerprint density at radius 2 is 2.03 bits per heavy atom. The molecule has 2 aliphatic heterocycles. The molecule has 2 aromatic rings. The third-order valence-corrected chi connectivity index (χ3v) is 8.12. The molecule has 1 aromatic carbocycles. The summed E-state index contributed by atoms with van der Waals surface area (Å²) in [6, 6.07) is 10.5. The molecule has 1 saturated carbocycles. The van der Waals surface area contributed by atoms with Crippen LogP contribution in [-0.4, -0.2) is 42.4 Å². The van der Waals surface area contributed by atoms with Gasteiger partial charge in [0.05, 0.1) is 24.1 Å². The molecule has 0 amide bonds. The van der Waals surface area contributed by atoms with Gasteiger partial charge in [0, 0.05) is 37.8 Å². The van der Waals surface area contributed by atoms with Gasteiger partial charge in [-0.25, -0.2) is 14.8 Å². The molecule has 35 heavy (non-hydrogen) atoms. The molecule has 5 rings (SSSR count). The maximum absolute atomic E-state index is 15.3. The lowest BCUT2D eigenvalue weighted by Gasteiger charge is -2.37. The first-order valence-corrected chi connectivity index (χ1v) is 12.7. The number of pyridine rings is 1. The smallest absolute Gasteiger partial charge is 0.128 e. The van der Waals surface area contributed by atoms with Crippen LogP contribution in [0.4, 0.5) is 10.2 Å². The SMILES string of the molecule is CNCc1cc(C)c(C2CC3C(CC2C#N)NNC3c2ccc(N3CCC(O)CC3)nc2)c(F)c1. The van der Waals surface area contributed by atoms with E-state index in [1.165, 1.54) is 0 Å². The van der Waals surface area contributed by atoms with Crippen molar-refractivity contribution in [3.05, 3.63) is 58.5 Å². The van der Waals surface area contributed by atoms with Gasteiger partial charge in [-0.15, -0.1) is 0 Å². The maximum atomic E-state index is 15.3. The van der Waals surface area contributed by atoms with E-state index < -0.39 is 0 Å². The van der Waals surface area contributed by atoms with E-state index in [-0.39, 0.29) is 41.8 Å². The summed E-state index contributed by atoms with van der Waals surface area (Å²) < 4.78 is 15.3. The third-order valence-electron chi connectivity index (χ3n) is 8.12. The average molecular weight is 479 g/mol. The fourth-order valence-corrected chi connectivity index (χ4v) is 6.33. The lowest BCUT2D eigenvalue weighted by molar-refractivity contribution is 0.145. The summed E-state index contributed by atoms with van der Waals surface area (Å²) in [7, 11) is 1.85. The minimum Gasteiger partial charge on any atom is -0.393 e. The molecule has 186 valence electrons. The molecule has 1 aromatic heterocycles. The number of fused-ring (bicyclic) bond motifs is 1. The highest BCUT2D eigenvalue weighted by molar-refractivity contribution is 5.41. The maximum Gasteiger partial charge on any atom is 0.128 e. The molecule has 8 heteroatoms. The number of hydrazine groups is 1. The van der Waals surface area contributed by atoms with Crippen molar-refractivity contribution in [3.63, 3.8) is 0 Å². The van der Waals surface area contributed by atoms with Gasteiger partial charge in [-0.3, -0.25) is 5.43 Å². The summed E-state index contributed by atoms with van der Waals surface area (Å²) in [6.07, 6.45) is 4.70. The summed E-state index contributed by atoms with van der Waals surface area (Å²) >= 11 is 0. The number of anilines is 1. The van der Waals surface area contributed by atoms with Gasteiger partial charge in [-0.2, -0.15) is 5.26 Å². The van der Waals surface area contributed by atoms with Gasteiger partial charge in [0.1, 0.15) is 11.6 Å². The monoisotopic (exact) mass is 478 g/mol. The van der Waals surface area contributed by atoms with Crippen LogP contribution in [0.5, 0.6) is 0 Å². The molecular formula is C27H35FN6O. The first-order valence-electron chi connectivity index (χ1n) is 12.7. The van der Waals surface area contributed by atoms with Gasteiger partial charge in [0.2, 0.25) is 0 Å². The standard InChI is InChI=1S/C27H35FN6O/c1-16-9-17(14-30-2)10-23(28)26(16)21-12-22-24(11-19(21)13-29)32-33-27(22)18-3-4-25(31-15-18)34-7-5-20(35)6-8-34/h3-4,9-10,15,19-22,24,27,30,32-33,35H,5-8,11-12,14H2,1-2H3. The number of nitriles is 1. The lowest BCUT2D eigenvalue weighted by atomic mass is 9.66. The molecular weight excluding hydrogens is 443 g/mol. The molecule has 4 N–H and O–H groups in total. The zero-order chi connectivity index (χ0) is 24.5. The highest BCUT2D eigenvalue weighted by Gasteiger charge is 2.46. The van der Waals surface area contributed by atoms with Crippen LogP contribution in [0, 0.1) is 35.9 Å². The highest BCUT2D eigenvalue weighted by Crippen LogP contribution is 2.48. The number of rotatable bonds is 5. The number of halogens is 1. The predicted octanol–water partition coefficient (Wildman–Crippen LogP) is 3.06. The van der Waals surface area contributed by atoms with Crippen molar-refractivity contribution in [1.82, 2.24) is 21.2 Å². The predicted molar refractivity (Wildman–Crippen MR) is 133 cm³/mol. The van der Waals surface area contributed by atoms with Crippen LogP contribution < -0.4 is 21.1 Å². The van der Waals surface area contributed by atoms with E-state index in [1.54, 1.807) is 6.07 Å². The van der Waals surface area contributed by atoms with Crippen molar-refractivity contribution >= 4 is 5.82 Å². The molecule has 0 bridgehead atoms. The largest absolute Gasteiger partial charge is 0.393 e. The number of aliphatic hydroxyl groups is 1. The number of hydrogen-bond donors (Lipinski definition) is 4. The number of piperidine rings is 1. The normalized spacial score (nSPS) is 29.1. The van der Waals surface area contributed by atoms with Crippen molar-refractivity contribution in [3.8, 4) is 6.07 Å². The number of hydrogen-bond acceptors (Lipinski definition) is 7. The van der Waals surface area contributed by atoms with Crippen LogP contribution in [0.25, 0.3) is 0 Å². The zero-order valence-corrected chi connectivity index (χ0v) is 20.5. The fourth-order valence-electron chi connectivity index (χ4n) is 6.33. The summed E-state index contributed by atoms with van der Waals surface area (Å²) in [4.78, 5) is 6.95. The third kappa shape index (κ3) is 4.78. The number of nitrogens with zero attached hydrogens (tertiary/aromatic N) is 3. The molecule has 3 fully saturated rings. The number of aryl methyl sites for hydroxylation is 1. The number of aliphatic hydroxyl groups excluding tert-OH is 1. The van der Waals surface area contributed by atoms with E-state index in [2.05, 4.69) is 39.3 Å². The molecule has 3 aliphatic rings. The van der Waals surface area contributed by atoms with E-state index in [1.807, 2.05) is 26.2 Å². The van der Waals surface area contributed by atoms with Gasteiger partial charge in [0.15, 0.2) is 0 Å². The van der Waals surface area contributed by atoms with E-state index in [4.69, 9.17) is 4.98 Å². The van der Waals surface area contributed by atoms with Crippen LogP contribution in [0.15, 0.2) is 30.5 Å². The summed E-state index contributed by atoms with van der Waals surface area (Å²) in [5.41, 5.74) is 10.5. The van der Waals surface area contributed by atoms with Crippen LogP contribution in [-0.2, 0) is 6.54 Å². The van der Waals surface area contributed by atoms with E-state index in [0.29, 0.717) is 18.5 Å². The summed E-state index contributed by atoms with van der Waals surface area (Å²) in [6.45, 7) is 4.21. The van der Waals surface area contributed by atoms with Crippen molar-refractivity contribution in [2.75, 3.05) is 25.0 Å². The van der Waals surface area contributed by atoms with Crippen molar-refractivity contribution < 1.29 is 9.50 Å². The Balaban J connectivity index is 1.37. The Morgan fingerprint density at radius 1 is 1.23 bits per heavy atom. The van der Waals surface area contributed by atoms with Crippen LogP contribution in [0.3, 0.4) is 0 Å². The Labute approximate surface area is 206 Å². The quantitative estimate of drug-likeness (QED) is 0.525. The first kappa shape index (κ1) is 24.1. The summed E-state index contributed by atoms with van der Waals surface area (Å²) in [5, 5.41) is 22.8. The molecule has 0 spiro atoms. The van der Waals surface area contributed by atoms with E-state index in [9.17, 15) is 10.4 Å². The molecule has 2 saturated heterocycles. The number of aromatic nitrogens is 1. The van der Waals surface area contributed by atoms with E-state index >= 15 is 4.39 Å². The minimum atomic E-state index is -0.234. The van der Waals surface area contributed by atoms with Crippen LogP contribution in [0.1, 0.15) is 59.9 Å². The second kappa shape index (κ2) is 10.2. The molecule has 3 heterocycles. The van der Waals surface area contributed by atoms with Gasteiger partial charge in [-0.1, -0.05) is 12.1 Å². The van der Waals surface area contributed by atoms with Gasteiger partial charge in [-0.05, 0) is 80.0 Å². The molecule has 5 unspecified atom stereocenters. The topological polar surface area (TPSA) is 96.2 Å². The minimum absolute atomic E-state index is 0.0544. The molecule has 5 atom stereocenters. The second-order valence-corrected chi connectivity index (χ2v) is 10.4. The molecule has 0 radical (unpaired) electrons. The van der Waals surface area contributed by atoms with Crippen LogP contribution in [0.2, 0.25) is 0 Å². The Bertz CT molecular complexity index is 1060. The van der Waals surface area contributed by atoms with Crippen molar-refractivity contribution in [2.45, 2.75) is 63.3 Å². The second-order valence-electron chi connectivity index (χ2n) is 10.4. The van der Waals surface area contributed by atoms with Gasteiger partial charge < -0.3 is 15.3 Å².